The molecule has 2 heterocycles. The number of carbonyl (C=O) groups is 2. The summed E-state index contributed by atoms with van der Waals surface area (Å²) in [5.74, 6) is 1.47. The van der Waals surface area contributed by atoms with E-state index >= 15 is 0 Å². The Balaban J connectivity index is 1.71. The van der Waals surface area contributed by atoms with Crippen LogP contribution in [0, 0.1) is 12.8 Å². The molecule has 3 rings (SSSR count). The van der Waals surface area contributed by atoms with Gasteiger partial charge in [-0.05, 0) is 25.5 Å². The Bertz CT molecular complexity index is 538. The number of nitrogens with zero attached hydrogens (tertiary/aromatic N) is 2. The molecule has 4 nitrogen and oxygen atoms in total. The highest BCUT2D eigenvalue weighted by Crippen LogP contribution is 2.27. The third kappa shape index (κ3) is 2.93. The molecule has 0 N–H and O–H groups in total. The van der Waals surface area contributed by atoms with Gasteiger partial charge in [0.15, 0.2) is 0 Å². The van der Waals surface area contributed by atoms with Gasteiger partial charge in [0, 0.05) is 36.8 Å². The fraction of sp³-hybridized carbons (Fsp3) is 0.500. The second-order valence-electron chi connectivity index (χ2n) is 5.60. The second kappa shape index (κ2) is 6.10. The van der Waals surface area contributed by atoms with Crippen molar-refractivity contribution in [3.63, 3.8) is 0 Å². The maximum atomic E-state index is 12.5. The van der Waals surface area contributed by atoms with Gasteiger partial charge in [-0.15, -0.1) is 0 Å². The van der Waals surface area contributed by atoms with E-state index in [0.29, 0.717) is 13.0 Å². The first-order valence-electron chi connectivity index (χ1n) is 7.41. The number of rotatable bonds is 2. The molecule has 2 saturated heterocycles. The largest absolute Gasteiger partial charge is 0.340 e. The normalized spacial score (nSPS) is 22.7. The summed E-state index contributed by atoms with van der Waals surface area (Å²) in [7, 11) is 0. The van der Waals surface area contributed by atoms with Crippen LogP contribution in [0.3, 0.4) is 0 Å². The molecular formula is C16H20N2O2S. The molecule has 0 aliphatic carbocycles. The summed E-state index contributed by atoms with van der Waals surface area (Å²) in [4.78, 5) is 28.7. The number of hydrogen-bond donors (Lipinski definition) is 0. The minimum Gasteiger partial charge on any atom is -0.340 e. The predicted octanol–water partition coefficient (Wildman–Crippen LogP) is 1.92. The van der Waals surface area contributed by atoms with Crippen LogP contribution in [0.5, 0.6) is 0 Å². The first kappa shape index (κ1) is 14.4. The van der Waals surface area contributed by atoms with Gasteiger partial charge >= 0.3 is 0 Å². The molecule has 0 bridgehead atoms. The predicted molar refractivity (Wildman–Crippen MR) is 85.5 cm³/mol. The maximum absolute atomic E-state index is 12.5. The molecule has 2 amide bonds. The van der Waals surface area contributed by atoms with Gasteiger partial charge in [0.1, 0.15) is 5.92 Å². The molecule has 1 aromatic rings. The van der Waals surface area contributed by atoms with Crippen molar-refractivity contribution in [1.82, 2.24) is 4.90 Å². The third-order valence-corrected chi connectivity index (χ3v) is 5.11. The average molecular weight is 304 g/mol. The summed E-state index contributed by atoms with van der Waals surface area (Å²) in [5, 5.41) is 0. The Kier molecular flexibility index (Phi) is 4.19. The van der Waals surface area contributed by atoms with Gasteiger partial charge in [0.25, 0.3) is 0 Å². The fourth-order valence-corrected chi connectivity index (χ4v) is 3.80. The number of aryl methyl sites for hydroxylation is 1. The topological polar surface area (TPSA) is 40.6 Å². The highest BCUT2D eigenvalue weighted by Gasteiger charge is 2.39. The van der Waals surface area contributed by atoms with Crippen molar-refractivity contribution in [2.45, 2.75) is 13.3 Å². The minimum atomic E-state index is -0.477. The van der Waals surface area contributed by atoms with Crippen molar-refractivity contribution >= 4 is 29.3 Å². The van der Waals surface area contributed by atoms with Crippen LogP contribution in [0.4, 0.5) is 5.69 Å². The molecule has 1 unspecified atom stereocenters. The standard InChI is InChI=1S/C16H20N2O2S/c1-12-2-4-13(5-3-12)18-7-6-14(16(18)20)15(19)17-8-10-21-11-9-17/h2-5,14H,6-11H2,1H3. The van der Waals surface area contributed by atoms with E-state index in [-0.39, 0.29) is 11.8 Å². The lowest BCUT2D eigenvalue weighted by molar-refractivity contribution is -0.139. The molecule has 0 aromatic heterocycles. The quantitative estimate of drug-likeness (QED) is 0.784. The number of thioether (sulfide) groups is 1. The lowest BCUT2D eigenvalue weighted by Crippen LogP contribution is -2.44. The zero-order valence-corrected chi connectivity index (χ0v) is 13.1. The van der Waals surface area contributed by atoms with E-state index in [1.54, 1.807) is 4.90 Å². The molecule has 2 aliphatic heterocycles. The Hall–Kier alpha value is -1.49. The van der Waals surface area contributed by atoms with Crippen molar-refractivity contribution in [3.8, 4) is 0 Å². The van der Waals surface area contributed by atoms with Crippen LogP contribution in [0.2, 0.25) is 0 Å². The van der Waals surface area contributed by atoms with Crippen molar-refractivity contribution in [2.24, 2.45) is 5.92 Å². The van der Waals surface area contributed by atoms with Crippen LogP contribution in [0.1, 0.15) is 12.0 Å². The first-order chi connectivity index (χ1) is 10.2. The molecule has 5 heteroatoms. The van der Waals surface area contributed by atoms with Crippen LogP contribution in [-0.4, -0.2) is 47.9 Å². The Labute approximate surface area is 129 Å². The van der Waals surface area contributed by atoms with E-state index in [2.05, 4.69) is 0 Å². The van der Waals surface area contributed by atoms with Crippen molar-refractivity contribution in [1.29, 1.82) is 0 Å². The average Bonchev–Trinajstić information content (AvgIpc) is 2.90. The molecule has 1 aromatic carbocycles. The molecule has 112 valence electrons. The van der Waals surface area contributed by atoms with Crippen LogP contribution in [0.25, 0.3) is 0 Å². The van der Waals surface area contributed by atoms with E-state index in [0.717, 1.165) is 30.3 Å². The fourth-order valence-electron chi connectivity index (χ4n) is 2.89. The van der Waals surface area contributed by atoms with Crippen LogP contribution in [0.15, 0.2) is 24.3 Å². The highest BCUT2D eigenvalue weighted by atomic mass is 32.2. The van der Waals surface area contributed by atoms with E-state index in [9.17, 15) is 9.59 Å². The smallest absolute Gasteiger partial charge is 0.239 e. The Morgan fingerprint density at radius 2 is 1.81 bits per heavy atom. The summed E-state index contributed by atoms with van der Waals surface area (Å²) < 4.78 is 0. The molecule has 2 aliphatic rings. The summed E-state index contributed by atoms with van der Waals surface area (Å²) >= 11 is 1.87. The summed E-state index contributed by atoms with van der Waals surface area (Å²) in [5.41, 5.74) is 2.07. The molecular weight excluding hydrogens is 284 g/mol. The molecule has 1 atom stereocenters. The monoisotopic (exact) mass is 304 g/mol. The summed E-state index contributed by atoms with van der Waals surface area (Å²) in [6.07, 6.45) is 0.634. The first-order valence-corrected chi connectivity index (χ1v) is 8.57. The molecule has 0 saturated carbocycles. The zero-order chi connectivity index (χ0) is 14.8. The number of hydrogen-bond acceptors (Lipinski definition) is 3. The second-order valence-corrected chi connectivity index (χ2v) is 6.83. The van der Waals surface area contributed by atoms with Gasteiger partial charge in [0.2, 0.25) is 11.8 Å². The van der Waals surface area contributed by atoms with Gasteiger partial charge in [-0.3, -0.25) is 9.59 Å². The van der Waals surface area contributed by atoms with Crippen LogP contribution in [-0.2, 0) is 9.59 Å². The lowest BCUT2D eigenvalue weighted by Gasteiger charge is -2.28. The van der Waals surface area contributed by atoms with Crippen LogP contribution < -0.4 is 4.90 Å². The van der Waals surface area contributed by atoms with E-state index in [4.69, 9.17) is 0 Å². The van der Waals surface area contributed by atoms with E-state index in [1.165, 1.54) is 5.56 Å². The maximum Gasteiger partial charge on any atom is 0.239 e. The number of amides is 2. The molecule has 21 heavy (non-hydrogen) atoms. The van der Waals surface area contributed by atoms with Gasteiger partial charge < -0.3 is 9.80 Å². The highest BCUT2D eigenvalue weighted by molar-refractivity contribution is 7.99. The van der Waals surface area contributed by atoms with E-state index in [1.807, 2.05) is 47.9 Å². The summed E-state index contributed by atoms with van der Waals surface area (Å²) in [6.45, 7) is 4.22. The van der Waals surface area contributed by atoms with Gasteiger partial charge in [-0.2, -0.15) is 11.8 Å². The number of carbonyl (C=O) groups excluding carboxylic acids is 2. The molecule has 0 spiro atoms. The molecule has 2 fully saturated rings. The zero-order valence-electron chi connectivity index (χ0n) is 12.2. The SMILES string of the molecule is Cc1ccc(N2CCC(C(=O)N3CCSCC3)C2=O)cc1. The van der Waals surface area contributed by atoms with Crippen molar-refractivity contribution < 1.29 is 9.59 Å². The van der Waals surface area contributed by atoms with Gasteiger partial charge in [-0.1, -0.05) is 17.7 Å². The van der Waals surface area contributed by atoms with E-state index < -0.39 is 5.92 Å². The minimum absolute atomic E-state index is 0.0231. The third-order valence-electron chi connectivity index (χ3n) is 4.17. The number of benzene rings is 1. The van der Waals surface area contributed by atoms with Gasteiger partial charge in [-0.25, -0.2) is 0 Å². The van der Waals surface area contributed by atoms with Gasteiger partial charge in [0.05, 0.1) is 0 Å². The van der Waals surface area contributed by atoms with Crippen molar-refractivity contribution in [2.75, 3.05) is 36.0 Å². The van der Waals surface area contributed by atoms with Crippen molar-refractivity contribution in [3.05, 3.63) is 29.8 Å². The lowest BCUT2D eigenvalue weighted by atomic mass is 10.1. The Morgan fingerprint density at radius 1 is 1.14 bits per heavy atom. The van der Waals surface area contributed by atoms with Crippen LogP contribution >= 0.6 is 11.8 Å². The summed E-state index contributed by atoms with van der Waals surface area (Å²) in [6, 6.07) is 7.91. The number of anilines is 1. The molecule has 0 radical (unpaired) electrons. The Morgan fingerprint density at radius 3 is 2.48 bits per heavy atom.